The molecule has 1 atom stereocenters. The third-order valence-electron chi connectivity index (χ3n) is 5.79. The Labute approximate surface area is 210 Å². The highest BCUT2D eigenvalue weighted by Crippen LogP contribution is 2.28. The van der Waals surface area contributed by atoms with Crippen LogP contribution in [0.5, 0.6) is 0 Å². The second-order valence-corrected chi connectivity index (χ2v) is 11.1. The molecule has 0 radical (unpaired) electrons. The Morgan fingerprint density at radius 1 is 1.22 bits per heavy atom. The average molecular weight is 533 g/mol. The number of sulfonamides is 1. The second kappa shape index (κ2) is 10.3. The molecule has 1 amide bonds. The van der Waals surface area contributed by atoms with Crippen molar-refractivity contribution in [2.75, 3.05) is 13.2 Å². The molecule has 1 unspecified atom stereocenters. The van der Waals surface area contributed by atoms with E-state index in [-0.39, 0.29) is 35.1 Å². The normalized spacial score (nSPS) is 16.9. The zero-order chi connectivity index (χ0) is 26.0. The molecule has 36 heavy (non-hydrogen) atoms. The first kappa shape index (κ1) is 25.7. The van der Waals surface area contributed by atoms with Gasteiger partial charge in [0.25, 0.3) is 11.6 Å². The summed E-state index contributed by atoms with van der Waals surface area (Å²) in [6, 6.07) is 9.53. The summed E-state index contributed by atoms with van der Waals surface area (Å²) < 4.78 is 34.6. The van der Waals surface area contributed by atoms with E-state index in [0.29, 0.717) is 23.1 Å². The number of nitro groups is 1. The number of ether oxygens (including phenoxy) is 1. The third kappa shape index (κ3) is 5.08. The lowest BCUT2D eigenvalue weighted by Crippen LogP contribution is -2.40. The number of benzene rings is 2. The van der Waals surface area contributed by atoms with Gasteiger partial charge in [0.2, 0.25) is 10.0 Å². The van der Waals surface area contributed by atoms with Gasteiger partial charge < -0.3 is 9.30 Å². The number of hydrogen-bond acceptors (Lipinski definition) is 8. The number of rotatable bonds is 7. The van der Waals surface area contributed by atoms with Crippen LogP contribution in [0.4, 0.5) is 5.69 Å². The fourth-order valence-corrected chi connectivity index (χ4v) is 6.76. The molecule has 4 rings (SSSR count). The quantitative estimate of drug-likeness (QED) is 0.259. The summed E-state index contributed by atoms with van der Waals surface area (Å²) in [5.74, 6) is -1.23. The summed E-state index contributed by atoms with van der Waals surface area (Å²) in [4.78, 5) is 40.6. The largest absolute Gasteiger partial charge is 0.465 e. The molecule has 2 heterocycles. The first-order valence-corrected chi connectivity index (χ1v) is 13.5. The maximum absolute atomic E-state index is 13.3. The van der Waals surface area contributed by atoms with Gasteiger partial charge in [-0.1, -0.05) is 29.0 Å². The molecule has 0 N–H and O–H groups in total. The Balaban J connectivity index is 1.74. The summed E-state index contributed by atoms with van der Waals surface area (Å²) in [7, 11) is -3.92. The van der Waals surface area contributed by atoms with E-state index >= 15 is 0 Å². The van der Waals surface area contributed by atoms with Crippen LogP contribution in [-0.4, -0.2) is 53.3 Å². The molecule has 1 aliphatic heterocycles. The Morgan fingerprint density at radius 3 is 2.61 bits per heavy atom. The van der Waals surface area contributed by atoms with Crippen LogP contribution in [0, 0.1) is 17.0 Å². The van der Waals surface area contributed by atoms with E-state index < -0.39 is 32.9 Å². The van der Waals surface area contributed by atoms with Gasteiger partial charge in [-0.25, -0.2) is 8.42 Å². The Kier molecular flexibility index (Phi) is 7.33. The molecular formula is C23H24N4O7S2. The summed E-state index contributed by atoms with van der Waals surface area (Å²) in [6.45, 7) is 3.60. The Morgan fingerprint density at radius 2 is 1.94 bits per heavy atom. The summed E-state index contributed by atoms with van der Waals surface area (Å²) in [5.41, 5.74) is 1.24. The van der Waals surface area contributed by atoms with Gasteiger partial charge in [-0.15, -0.1) is 0 Å². The van der Waals surface area contributed by atoms with E-state index in [9.17, 15) is 28.1 Å². The molecule has 1 aromatic heterocycles. The molecule has 2 aromatic carbocycles. The summed E-state index contributed by atoms with van der Waals surface area (Å²) in [6.07, 6.45) is 0.806. The number of amides is 1. The van der Waals surface area contributed by atoms with Gasteiger partial charge in [0.15, 0.2) is 4.80 Å². The third-order valence-corrected chi connectivity index (χ3v) is 8.76. The number of carbonyl (C=O) groups is 2. The van der Waals surface area contributed by atoms with Crippen LogP contribution in [0.25, 0.3) is 10.2 Å². The van der Waals surface area contributed by atoms with Gasteiger partial charge in [0, 0.05) is 18.7 Å². The van der Waals surface area contributed by atoms with Crippen LogP contribution in [0.3, 0.4) is 0 Å². The van der Waals surface area contributed by atoms with Gasteiger partial charge in [-0.2, -0.15) is 9.30 Å². The van der Waals surface area contributed by atoms with E-state index in [1.165, 1.54) is 34.9 Å². The molecule has 0 aliphatic carbocycles. The van der Waals surface area contributed by atoms with Crippen LogP contribution in [-0.2, 0) is 30.9 Å². The highest BCUT2D eigenvalue weighted by molar-refractivity contribution is 7.89. The highest BCUT2D eigenvalue weighted by Gasteiger charge is 2.39. The molecule has 0 saturated carbocycles. The van der Waals surface area contributed by atoms with Crippen molar-refractivity contribution in [2.45, 2.75) is 44.2 Å². The first-order chi connectivity index (χ1) is 17.1. The van der Waals surface area contributed by atoms with E-state index in [0.717, 1.165) is 21.2 Å². The average Bonchev–Trinajstić information content (AvgIpc) is 3.45. The monoisotopic (exact) mass is 532 g/mol. The predicted octanol–water partition coefficient (Wildman–Crippen LogP) is 2.76. The molecule has 11 nitrogen and oxygen atoms in total. The maximum atomic E-state index is 13.3. The minimum Gasteiger partial charge on any atom is -0.465 e. The van der Waals surface area contributed by atoms with Gasteiger partial charge >= 0.3 is 5.97 Å². The first-order valence-electron chi connectivity index (χ1n) is 11.2. The topological polar surface area (TPSA) is 141 Å². The number of aryl methyl sites for hydroxylation is 1. The number of nitrogens with zero attached hydrogens (tertiary/aromatic N) is 4. The predicted molar refractivity (Wildman–Crippen MR) is 132 cm³/mol. The number of aromatic nitrogens is 1. The lowest BCUT2D eigenvalue weighted by molar-refractivity contribution is -0.384. The molecule has 1 aliphatic rings. The number of nitro benzene ring substituents is 1. The van der Waals surface area contributed by atoms with Crippen molar-refractivity contribution in [1.29, 1.82) is 0 Å². The zero-order valence-corrected chi connectivity index (χ0v) is 21.3. The number of carbonyl (C=O) groups excluding carboxylic acids is 2. The minimum atomic E-state index is -3.92. The number of thiazole rings is 1. The molecular weight excluding hydrogens is 508 g/mol. The van der Waals surface area contributed by atoms with Gasteiger partial charge in [-0.3, -0.25) is 19.7 Å². The van der Waals surface area contributed by atoms with Crippen molar-refractivity contribution in [3.05, 3.63) is 62.9 Å². The molecule has 190 valence electrons. The Bertz CT molecular complexity index is 1510. The van der Waals surface area contributed by atoms with Gasteiger partial charge in [0.05, 0.1) is 26.6 Å². The zero-order valence-electron chi connectivity index (χ0n) is 19.6. The fourth-order valence-electron chi connectivity index (χ4n) is 4.04. The van der Waals surface area contributed by atoms with Gasteiger partial charge in [-0.05, 0) is 44.9 Å². The smallest absolute Gasteiger partial charge is 0.326 e. The SMILES string of the molecule is CCOC(=O)Cn1c(=NC(=O)C2CCCN2S(=O)(=O)c2ccc(C)cc2)sc2cc([N+](=O)[O-])ccc21. The summed E-state index contributed by atoms with van der Waals surface area (Å²) in [5, 5.41) is 11.2. The van der Waals surface area contributed by atoms with E-state index in [4.69, 9.17) is 4.74 Å². The lowest BCUT2D eigenvalue weighted by atomic mass is 10.2. The Hall–Kier alpha value is -3.42. The van der Waals surface area contributed by atoms with Crippen molar-refractivity contribution in [3.8, 4) is 0 Å². The van der Waals surface area contributed by atoms with Crippen molar-refractivity contribution >= 4 is 49.1 Å². The molecule has 1 saturated heterocycles. The molecule has 3 aromatic rings. The van der Waals surface area contributed by atoms with Crippen molar-refractivity contribution in [3.63, 3.8) is 0 Å². The van der Waals surface area contributed by atoms with Crippen LogP contribution < -0.4 is 4.80 Å². The second-order valence-electron chi connectivity index (χ2n) is 8.22. The fraction of sp³-hybridized carbons (Fsp3) is 0.348. The van der Waals surface area contributed by atoms with E-state index in [1.54, 1.807) is 19.1 Å². The van der Waals surface area contributed by atoms with Gasteiger partial charge in [0.1, 0.15) is 12.6 Å². The maximum Gasteiger partial charge on any atom is 0.326 e. The van der Waals surface area contributed by atoms with Crippen LogP contribution in [0.15, 0.2) is 52.4 Å². The highest BCUT2D eigenvalue weighted by atomic mass is 32.2. The minimum absolute atomic E-state index is 0.0966. The standard InChI is InChI=1S/C23H24N4O7S2/c1-3-34-21(28)14-25-18-11-8-16(27(30)31)13-20(18)35-23(25)24-22(29)19-5-4-12-26(19)36(32,33)17-9-6-15(2)7-10-17/h6-11,13,19H,3-5,12,14H2,1-2H3. The van der Waals surface area contributed by atoms with Crippen LogP contribution >= 0.6 is 11.3 Å². The van der Waals surface area contributed by atoms with Crippen molar-refractivity contribution in [1.82, 2.24) is 8.87 Å². The molecule has 13 heteroatoms. The molecule has 1 fully saturated rings. The number of fused-ring (bicyclic) bond motifs is 1. The van der Waals surface area contributed by atoms with Crippen molar-refractivity contribution < 1.29 is 27.7 Å². The van der Waals surface area contributed by atoms with Crippen molar-refractivity contribution in [2.24, 2.45) is 4.99 Å². The summed E-state index contributed by atoms with van der Waals surface area (Å²) >= 11 is 1.00. The van der Waals surface area contributed by atoms with Crippen LogP contribution in [0.2, 0.25) is 0 Å². The number of esters is 1. The number of hydrogen-bond donors (Lipinski definition) is 0. The molecule has 0 spiro atoms. The van der Waals surface area contributed by atoms with Crippen LogP contribution in [0.1, 0.15) is 25.3 Å². The van der Waals surface area contributed by atoms with E-state index in [2.05, 4.69) is 4.99 Å². The van der Waals surface area contributed by atoms with E-state index in [1.807, 2.05) is 6.92 Å². The molecule has 0 bridgehead atoms. The lowest BCUT2D eigenvalue weighted by Gasteiger charge is -2.21. The number of non-ortho nitro benzene ring substituents is 1.